The van der Waals surface area contributed by atoms with Gasteiger partial charge in [0.2, 0.25) is 5.91 Å². The van der Waals surface area contributed by atoms with Gasteiger partial charge in [-0.3, -0.25) is 13.8 Å². The number of aliphatic carboxylic acids is 1. The summed E-state index contributed by atoms with van der Waals surface area (Å²) in [7, 11) is -1.69. The van der Waals surface area contributed by atoms with E-state index in [1.54, 1.807) is 31.2 Å². The fourth-order valence-corrected chi connectivity index (χ4v) is 6.13. The summed E-state index contributed by atoms with van der Waals surface area (Å²) < 4.78 is 16.9. The van der Waals surface area contributed by atoms with Crippen LogP contribution in [0, 0.1) is 6.92 Å². The van der Waals surface area contributed by atoms with Gasteiger partial charge in [0.25, 0.3) is 5.91 Å². The number of fused-ring (bicyclic) bond motifs is 1. The van der Waals surface area contributed by atoms with E-state index < -0.39 is 50.8 Å². The molecule has 9 nitrogen and oxygen atoms in total. The van der Waals surface area contributed by atoms with Gasteiger partial charge in [0.05, 0.1) is 20.6 Å². The number of rotatable bonds is 4. The van der Waals surface area contributed by atoms with Gasteiger partial charge in [-0.2, -0.15) is 0 Å². The van der Waals surface area contributed by atoms with Crippen molar-refractivity contribution in [2.75, 3.05) is 0 Å². The van der Waals surface area contributed by atoms with E-state index in [0.717, 1.165) is 4.90 Å². The van der Waals surface area contributed by atoms with Gasteiger partial charge in [-0.25, -0.2) is 4.79 Å². The average Bonchev–Trinajstić information content (AvgIpc) is 3.14. The number of aryl methyl sites for hydroxylation is 1. The zero-order chi connectivity index (χ0) is 22.0. The van der Waals surface area contributed by atoms with E-state index in [9.17, 15) is 23.7 Å². The van der Waals surface area contributed by atoms with Crippen LogP contribution in [-0.4, -0.2) is 59.4 Å². The Balaban J connectivity index is 1.64. The number of halogens is 1. The second-order valence-electron chi connectivity index (χ2n) is 7.67. The van der Waals surface area contributed by atoms with Gasteiger partial charge in [0, 0.05) is 5.56 Å². The molecule has 2 saturated heterocycles. The van der Waals surface area contributed by atoms with E-state index in [2.05, 4.69) is 10.5 Å². The first-order chi connectivity index (χ1) is 14.1. The maximum atomic E-state index is 13.0. The molecule has 2 fully saturated rings. The van der Waals surface area contributed by atoms with Gasteiger partial charge in [-0.1, -0.05) is 35.0 Å². The highest BCUT2D eigenvalue weighted by Gasteiger charge is 2.68. The monoisotopic (exact) mass is 451 g/mol. The minimum atomic E-state index is -1.69. The smallest absolute Gasteiger partial charge is 0.328 e. The van der Waals surface area contributed by atoms with Crippen molar-refractivity contribution in [3.63, 3.8) is 0 Å². The van der Waals surface area contributed by atoms with Crippen LogP contribution in [0.25, 0.3) is 11.3 Å². The third-order valence-corrected chi connectivity index (χ3v) is 8.02. The Kier molecular flexibility index (Phi) is 4.74. The Bertz CT molecular complexity index is 1110. The number of carbonyl (C=O) groups excluding carboxylic acids is 2. The highest BCUT2D eigenvalue weighted by Crippen LogP contribution is 2.43. The van der Waals surface area contributed by atoms with Crippen LogP contribution < -0.4 is 5.32 Å². The van der Waals surface area contributed by atoms with Gasteiger partial charge >= 0.3 is 5.97 Å². The van der Waals surface area contributed by atoms with Crippen molar-refractivity contribution in [2.45, 2.75) is 43.0 Å². The number of hydrogen-bond donors (Lipinski definition) is 2. The van der Waals surface area contributed by atoms with E-state index >= 15 is 0 Å². The summed E-state index contributed by atoms with van der Waals surface area (Å²) in [4.78, 5) is 38.4. The average molecular weight is 452 g/mol. The predicted molar refractivity (Wildman–Crippen MR) is 107 cm³/mol. The minimum Gasteiger partial charge on any atom is -0.480 e. The zero-order valence-corrected chi connectivity index (χ0v) is 17.8. The number of nitrogens with one attached hydrogen (secondary N) is 1. The van der Waals surface area contributed by atoms with Crippen molar-refractivity contribution in [1.82, 2.24) is 15.4 Å². The third kappa shape index (κ3) is 2.78. The fourth-order valence-electron chi connectivity index (χ4n) is 3.98. The second kappa shape index (κ2) is 6.92. The van der Waals surface area contributed by atoms with Gasteiger partial charge in [-0.05, 0) is 26.8 Å². The van der Waals surface area contributed by atoms with Crippen LogP contribution in [-0.2, 0) is 20.4 Å². The Morgan fingerprint density at radius 1 is 1.33 bits per heavy atom. The summed E-state index contributed by atoms with van der Waals surface area (Å²) in [5, 5.41) is 15.5. The lowest BCUT2D eigenvalue weighted by atomic mass is 9.95. The van der Waals surface area contributed by atoms with Crippen LogP contribution >= 0.6 is 11.6 Å². The van der Waals surface area contributed by atoms with Crippen molar-refractivity contribution in [3.8, 4) is 11.3 Å². The van der Waals surface area contributed by atoms with Gasteiger partial charge < -0.3 is 19.8 Å². The van der Waals surface area contributed by atoms with Gasteiger partial charge in [-0.15, -0.1) is 0 Å². The summed E-state index contributed by atoms with van der Waals surface area (Å²) in [6.45, 7) is 4.62. The molecular weight excluding hydrogens is 434 g/mol. The number of carboxylic acids is 1. The molecule has 158 valence electrons. The van der Waals surface area contributed by atoms with E-state index in [1.165, 1.54) is 13.8 Å². The zero-order valence-electron chi connectivity index (χ0n) is 16.2. The molecule has 2 aromatic rings. The molecule has 0 saturated carbocycles. The van der Waals surface area contributed by atoms with Crippen molar-refractivity contribution >= 4 is 40.2 Å². The summed E-state index contributed by atoms with van der Waals surface area (Å²) in [5.41, 5.74) is 0.807. The number of β-lactam (4-membered cyclic amide) rings is 1. The number of benzene rings is 1. The molecule has 1 aromatic heterocycles. The molecule has 4 atom stereocenters. The minimum absolute atomic E-state index is 0.104. The normalized spacial score (nSPS) is 26.8. The summed E-state index contributed by atoms with van der Waals surface area (Å²) in [6, 6.07) is 4.46. The van der Waals surface area contributed by atoms with Crippen molar-refractivity contribution in [3.05, 3.63) is 40.6 Å². The number of nitrogens with zero attached hydrogens (tertiary/aromatic N) is 2. The first-order valence-corrected chi connectivity index (χ1v) is 10.6. The Labute approximate surface area is 178 Å². The number of hydrogen-bond acceptors (Lipinski definition) is 6. The molecular formula is C19H18ClN3O6S. The SMILES string of the molecule is Cc1onc(-c2ccccc2Cl)c1C(=O)N[C@H]1C(=O)N2[C@@H]1S(=O)C(C)(C)[C@@H]2C(=O)O. The molecule has 2 N–H and O–H groups in total. The maximum Gasteiger partial charge on any atom is 0.328 e. The first kappa shape index (κ1) is 20.5. The van der Waals surface area contributed by atoms with Crippen LogP contribution in [0.1, 0.15) is 30.0 Å². The summed E-state index contributed by atoms with van der Waals surface area (Å²) >= 11 is 6.21. The highest BCUT2D eigenvalue weighted by molar-refractivity contribution is 7.87. The molecule has 2 amide bonds. The van der Waals surface area contributed by atoms with Crippen molar-refractivity contribution in [1.29, 1.82) is 0 Å². The molecule has 11 heteroatoms. The topological polar surface area (TPSA) is 130 Å². The van der Waals surface area contributed by atoms with Crippen LogP contribution in [0.3, 0.4) is 0 Å². The molecule has 1 unspecified atom stereocenters. The first-order valence-electron chi connectivity index (χ1n) is 9.05. The van der Waals surface area contributed by atoms with Crippen LogP contribution in [0.5, 0.6) is 0 Å². The van der Waals surface area contributed by atoms with Gasteiger partial charge in [0.15, 0.2) is 0 Å². The summed E-state index contributed by atoms with van der Waals surface area (Å²) in [6.07, 6.45) is 0. The van der Waals surface area contributed by atoms with E-state index in [1.807, 2.05) is 0 Å². The Hall–Kier alpha value is -2.72. The van der Waals surface area contributed by atoms with E-state index in [-0.39, 0.29) is 17.0 Å². The van der Waals surface area contributed by atoms with E-state index in [4.69, 9.17) is 16.1 Å². The number of aromatic nitrogens is 1. The Morgan fingerprint density at radius 2 is 2.00 bits per heavy atom. The lowest BCUT2D eigenvalue weighted by Gasteiger charge is -2.43. The largest absolute Gasteiger partial charge is 0.480 e. The quantitative estimate of drug-likeness (QED) is 0.674. The maximum absolute atomic E-state index is 13.0. The Morgan fingerprint density at radius 3 is 2.63 bits per heavy atom. The number of carbonyl (C=O) groups is 3. The van der Waals surface area contributed by atoms with Crippen molar-refractivity contribution < 1.29 is 28.2 Å². The molecule has 3 heterocycles. The highest BCUT2D eigenvalue weighted by atomic mass is 35.5. The van der Waals surface area contributed by atoms with Crippen LogP contribution in [0.15, 0.2) is 28.8 Å². The molecule has 2 aliphatic rings. The molecule has 1 aromatic carbocycles. The third-order valence-electron chi connectivity index (χ3n) is 5.49. The predicted octanol–water partition coefficient (Wildman–Crippen LogP) is 1.56. The second-order valence-corrected chi connectivity index (χ2v) is 10.2. The van der Waals surface area contributed by atoms with Gasteiger partial charge in [0.1, 0.15) is 34.5 Å². The molecule has 0 bridgehead atoms. The molecule has 4 rings (SSSR count). The molecule has 0 radical (unpaired) electrons. The molecule has 2 aliphatic heterocycles. The lowest BCUT2D eigenvalue weighted by molar-refractivity contribution is -0.159. The van der Waals surface area contributed by atoms with Crippen LogP contribution in [0.2, 0.25) is 5.02 Å². The lowest BCUT2D eigenvalue weighted by Crippen LogP contribution is -2.71. The number of amides is 2. The fraction of sp³-hybridized carbons (Fsp3) is 0.368. The van der Waals surface area contributed by atoms with E-state index in [0.29, 0.717) is 10.6 Å². The molecule has 30 heavy (non-hydrogen) atoms. The standard InChI is InChI=1S/C19H18ClN3O6S/c1-8-11(12(22-29-8)9-6-4-5-7-10(9)20)15(24)21-13-16(25)23-14(18(26)27)19(2,3)30(28)17(13)23/h4-7,13-14,17H,1-3H3,(H,21,24)(H,26,27)/t13-,14-,17+,30?/m0/s1. The molecule has 0 spiro atoms. The summed E-state index contributed by atoms with van der Waals surface area (Å²) in [5.74, 6) is -2.24. The number of carboxylic acid groups (broad SMARTS) is 1. The van der Waals surface area contributed by atoms with Crippen LogP contribution in [0.4, 0.5) is 0 Å². The van der Waals surface area contributed by atoms with Crippen molar-refractivity contribution in [2.24, 2.45) is 0 Å². The molecule has 0 aliphatic carbocycles.